The fourth-order valence-corrected chi connectivity index (χ4v) is 2.46. The van der Waals surface area contributed by atoms with E-state index in [1.807, 2.05) is 0 Å². The molecule has 106 valence electrons. The van der Waals surface area contributed by atoms with E-state index in [9.17, 15) is 8.78 Å². The number of nitrogens with zero attached hydrogens (tertiary/aromatic N) is 1. The van der Waals surface area contributed by atoms with Crippen LogP contribution in [-0.2, 0) is 0 Å². The smallest absolute Gasteiger partial charge is 0.189 e. The number of rotatable bonds is 2. The summed E-state index contributed by atoms with van der Waals surface area (Å²) in [6, 6.07) is 8.55. The highest BCUT2D eigenvalue weighted by Crippen LogP contribution is 2.35. The predicted octanol–water partition coefficient (Wildman–Crippen LogP) is 4.65. The van der Waals surface area contributed by atoms with Crippen LogP contribution in [0.1, 0.15) is 0 Å². The molecule has 1 aromatic heterocycles. The van der Waals surface area contributed by atoms with Gasteiger partial charge in [0.25, 0.3) is 0 Å². The molecule has 0 atom stereocenters. The fraction of sp³-hybridized carbons (Fsp3) is 0. The molecule has 2 aromatic carbocycles. The van der Waals surface area contributed by atoms with Crippen molar-refractivity contribution in [2.75, 3.05) is 5.73 Å². The number of pyridine rings is 1. The van der Waals surface area contributed by atoms with Crippen molar-refractivity contribution in [3.05, 3.63) is 58.7 Å². The molecule has 6 heteroatoms. The molecular formula is C15H9BrF2N2O. The maximum absolute atomic E-state index is 14.1. The van der Waals surface area contributed by atoms with Crippen LogP contribution < -0.4 is 10.5 Å². The molecular weight excluding hydrogens is 342 g/mol. The van der Waals surface area contributed by atoms with Gasteiger partial charge < -0.3 is 10.5 Å². The van der Waals surface area contributed by atoms with Crippen LogP contribution in [0.15, 0.2) is 47.1 Å². The third-order valence-corrected chi connectivity index (χ3v) is 3.35. The van der Waals surface area contributed by atoms with Crippen molar-refractivity contribution in [3.8, 4) is 11.5 Å². The second-order valence-electron chi connectivity index (χ2n) is 4.38. The zero-order valence-corrected chi connectivity index (χ0v) is 12.2. The zero-order valence-electron chi connectivity index (χ0n) is 10.6. The Labute approximate surface area is 127 Å². The van der Waals surface area contributed by atoms with Crippen LogP contribution in [-0.4, -0.2) is 4.98 Å². The normalized spacial score (nSPS) is 10.8. The van der Waals surface area contributed by atoms with Crippen molar-refractivity contribution in [3.63, 3.8) is 0 Å². The molecule has 0 radical (unpaired) electrons. The molecule has 0 saturated heterocycles. The Morgan fingerprint density at radius 2 is 1.95 bits per heavy atom. The quantitative estimate of drug-likeness (QED) is 0.684. The van der Waals surface area contributed by atoms with Crippen molar-refractivity contribution in [1.29, 1.82) is 0 Å². The minimum Gasteiger partial charge on any atom is -0.452 e. The monoisotopic (exact) mass is 350 g/mol. The standard InChI is InChI=1S/C15H9BrF2N2O/c16-8-4-9(17)6-10(5-8)21-15-12(18)7-13(19)11-2-1-3-20-14(11)15/h1-7H,19H2. The Hall–Kier alpha value is -2.21. The van der Waals surface area contributed by atoms with Crippen LogP contribution in [0, 0.1) is 11.6 Å². The van der Waals surface area contributed by atoms with E-state index in [0.717, 1.165) is 12.1 Å². The third kappa shape index (κ3) is 2.67. The molecule has 0 amide bonds. The summed E-state index contributed by atoms with van der Waals surface area (Å²) in [6.45, 7) is 0. The highest BCUT2D eigenvalue weighted by molar-refractivity contribution is 9.10. The highest BCUT2D eigenvalue weighted by atomic mass is 79.9. The van der Waals surface area contributed by atoms with Gasteiger partial charge in [0.2, 0.25) is 0 Å². The van der Waals surface area contributed by atoms with Crippen molar-refractivity contribution in [2.45, 2.75) is 0 Å². The number of fused-ring (bicyclic) bond motifs is 1. The SMILES string of the molecule is Nc1cc(F)c(Oc2cc(F)cc(Br)c2)c2ncccc12. The first-order chi connectivity index (χ1) is 10.0. The Balaban J connectivity index is 2.16. The second kappa shape index (κ2) is 5.29. The van der Waals surface area contributed by atoms with Gasteiger partial charge in [-0.25, -0.2) is 8.78 Å². The van der Waals surface area contributed by atoms with Gasteiger partial charge in [0.05, 0.1) is 0 Å². The van der Waals surface area contributed by atoms with E-state index in [1.165, 1.54) is 18.3 Å². The van der Waals surface area contributed by atoms with Crippen LogP contribution in [0.2, 0.25) is 0 Å². The van der Waals surface area contributed by atoms with Gasteiger partial charge in [-0.2, -0.15) is 0 Å². The molecule has 3 aromatic rings. The maximum Gasteiger partial charge on any atom is 0.189 e. The molecule has 0 aliphatic heterocycles. The van der Waals surface area contributed by atoms with Crippen LogP contribution in [0.5, 0.6) is 11.5 Å². The van der Waals surface area contributed by atoms with Crippen LogP contribution in [0.3, 0.4) is 0 Å². The third-order valence-electron chi connectivity index (χ3n) is 2.89. The summed E-state index contributed by atoms with van der Waals surface area (Å²) in [5, 5.41) is 0.573. The van der Waals surface area contributed by atoms with E-state index >= 15 is 0 Å². The molecule has 21 heavy (non-hydrogen) atoms. The number of hydrogen-bond acceptors (Lipinski definition) is 3. The number of nitrogens with two attached hydrogens (primary N) is 1. The summed E-state index contributed by atoms with van der Waals surface area (Å²) >= 11 is 3.16. The molecule has 3 rings (SSSR count). The second-order valence-corrected chi connectivity index (χ2v) is 5.30. The zero-order chi connectivity index (χ0) is 15.0. The van der Waals surface area contributed by atoms with Crippen LogP contribution in [0.25, 0.3) is 10.9 Å². The molecule has 0 unspecified atom stereocenters. The average molecular weight is 351 g/mol. The summed E-state index contributed by atoms with van der Waals surface area (Å²) in [7, 11) is 0. The maximum atomic E-state index is 14.1. The van der Waals surface area contributed by atoms with E-state index in [2.05, 4.69) is 20.9 Å². The van der Waals surface area contributed by atoms with Gasteiger partial charge in [-0.3, -0.25) is 4.98 Å². The minimum atomic E-state index is -0.654. The lowest BCUT2D eigenvalue weighted by Crippen LogP contribution is -1.96. The Morgan fingerprint density at radius 1 is 1.14 bits per heavy atom. The molecule has 3 nitrogen and oxygen atoms in total. The number of aromatic nitrogens is 1. The van der Waals surface area contributed by atoms with Crippen molar-refractivity contribution >= 4 is 32.5 Å². The van der Waals surface area contributed by atoms with Gasteiger partial charge in [0.15, 0.2) is 11.6 Å². The number of halogens is 3. The highest BCUT2D eigenvalue weighted by Gasteiger charge is 2.14. The van der Waals surface area contributed by atoms with E-state index in [-0.39, 0.29) is 22.7 Å². The van der Waals surface area contributed by atoms with Gasteiger partial charge in [0, 0.05) is 33.9 Å². The van der Waals surface area contributed by atoms with E-state index in [1.54, 1.807) is 12.1 Å². The first-order valence-electron chi connectivity index (χ1n) is 6.01. The van der Waals surface area contributed by atoms with Gasteiger partial charge in [0.1, 0.15) is 17.1 Å². The Morgan fingerprint density at radius 3 is 2.71 bits per heavy atom. The molecule has 0 spiro atoms. The van der Waals surface area contributed by atoms with Crippen molar-refractivity contribution in [1.82, 2.24) is 4.98 Å². The van der Waals surface area contributed by atoms with Gasteiger partial charge in [-0.15, -0.1) is 0 Å². The van der Waals surface area contributed by atoms with E-state index < -0.39 is 11.6 Å². The molecule has 0 saturated carbocycles. The summed E-state index contributed by atoms with van der Waals surface area (Å²) < 4.78 is 33.5. The van der Waals surface area contributed by atoms with Gasteiger partial charge >= 0.3 is 0 Å². The van der Waals surface area contributed by atoms with E-state index in [4.69, 9.17) is 10.5 Å². The first-order valence-corrected chi connectivity index (χ1v) is 6.80. The lowest BCUT2D eigenvalue weighted by Gasteiger charge is -2.11. The lowest BCUT2D eigenvalue weighted by molar-refractivity contribution is 0.443. The summed E-state index contributed by atoms with van der Waals surface area (Å²) in [5.74, 6) is -1.07. The van der Waals surface area contributed by atoms with Gasteiger partial charge in [-0.1, -0.05) is 15.9 Å². The van der Waals surface area contributed by atoms with E-state index in [0.29, 0.717) is 9.86 Å². The Kier molecular flexibility index (Phi) is 3.47. The van der Waals surface area contributed by atoms with Gasteiger partial charge in [-0.05, 0) is 24.3 Å². The first kappa shape index (κ1) is 13.8. The van der Waals surface area contributed by atoms with Crippen LogP contribution >= 0.6 is 15.9 Å². The molecule has 0 bridgehead atoms. The molecule has 0 aliphatic rings. The van der Waals surface area contributed by atoms with Crippen LogP contribution in [0.4, 0.5) is 14.5 Å². The molecule has 1 heterocycles. The van der Waals surface area contributed by atoms with Crippen molar-refractivity contribution in [2.24, 2.45) is 0 Å². The number of hydrogen-bond donors (Lipinski definition) is 1. The number of nitrogen functional groups attached to an aromatic ring is 1. The molecule has 2 N–H and O–H groups in total. The number of ether oxygens (including phenoxy) is 1. The summed E-state index contributed by atoms with van der Waals surface area (Å²) in [5.41, 5.74) is 6.32. The lowest BCUT2D eigenvalue weighted by atomic mass is 10.1. The summed E-state index contributed by atoms with van der Waals surface area (Å²) in [4.78, 5) is 4.09. The molecule has 0 fully saturated rings. The number of benzene rings is 2. The minimum absolute atomic E-state index is 0.0858. The predicted molar refractivity (Wildman–Crippen MR) is 80.3 cm³/mol. The summed E-state index contributed by atoms with van der Waals surface area (Å²) in [6.07, 6.45) is 1.51. The largest absolute Gasteiger partial charge is 0.452 e. The average Bonchev–Trinajstić information content (AvgIpc) is 2.42. The molecule has 0 aliphatic carbocycles. The Bertz CT molecular complexity index is 819. The fourth-order valence-electron chi connectivity index (χ4n) is 2.01. The number of anilines is 1. The topological polar surface area (TPSA) is 48.1 Å². The van der Waals surface area contributed by atoms with Crippen molar-refractivity contribution < 1.29 is 13.5 Å².